The van der Waals surface area contributed by atoms with Crippen molar-refractivity contribution in [2.75, 3.05) is 7.11 Å². The smallest absolute Gasteiger partial charge is 0.290 e. The lowest BCUT2D eigenvalue weighted by Gasteiger charge is -2.40. The molecule has 3 aliphatic rings. The maximum Gasteiger partial charge on any atom is 0.290 e. The number of alkyl halides is 1. The molecule has 172 valence electrons. The van der Waals surface area contributed by atoms with Gasteiger partial charge in [-0.15, -0.1) is 11.6 Å². The quantitative estimate of drug-likeness (QED) is 0.676. The number of phenolic OH excluding ortho intramolecular Hbond substituents is 1. The number of carbonyl (C=O) groups excluding carboxylic acids is 2. The highest BCUT2D eigenvalue weighted by Gasteiger charge is 2.53. The zero-order valence-corrected chi connectivity index (χ0v) is 19.3. The number of nitrogens with zero attached hydrogens (tertiary/aromatic N) is 1. The normalized spacial score (nSPS) is 28.9. The number of aromatic hydroxyl groups is 1. The van der Waals surface area contributed by atoms with Crippen LogP contribution in [0.1, 0.15) is 36.9 Å². The largest absolute Gasteiger partial charge is 0.508 e. The number of rotatable bonds is 4. The number of ketones is 1. The summed E-state index contributed by atoms with van der Waals surface area (Å²) in [6.07, 6.45) is 0.836. The van der Waals surface area contributed by atoms with E-state index in [0.717, 1.165) is 11.3 Å². The Bertz CT molecular complexity index is 1130. The minimum Gasteiger partial charge on any atom is -0.508 e. The molecule has 5 unspecified atom stereocenters. The van der Waals surface area contributed by atoms with Crippen LogP contribution in [0.5, 0.6) is 11.5 Å². The number of hydrogen-bond donors (Lipinski definition) is 1. The molecule has 2 heterocycles. The lowest BCUT2D eigenvalue weighted by atomic mass is 9.74. The highest BCUT2D eigenvalue weighted by atomic mass is 35.5. The van der Waals surface area contributed by atoms with Gasteiger partial charge in [-0.1, -0.05) is 31.2 Å². The van der Waals surface area contributed by atoms with Gasteiger partial charge in [-0.2, -0.15) is 0 Å². The molecular formula is C26H26ClNO5. The van der Waals surface area contributed by atoms with Gasteiger partial charge >= 0.3 is 0 Å². The summed E-state index contributed by atoms with van der Waals surface area (Å²) in [6, 6.07) is 13.5. The molecule has 6 nitrogen and oxygen atoms in total. The van der Waals surface area contributed by atoms with Gasteiger partial charge in [0.15, 0.2) is 11.5 Å². The third-order valence-electron chi connectivity index (χ3n) is 7.00. The molecule has 1 N–H and O–H groups in total. The third kappa shape index (κ3) is 3.76. The highest BCUT2D eigenvalue weighted by Crippen LogP contribution is 2.48. The first kappa shape index (κ1) is 21.8. The van der Waals surface area contributed by atoms with E-state index in [1.165, 1.54) is 0 Å². The summed E-state index contributed by atoms with van der Waals surface area (Å²) in [7, 11) is 1.60. The number of fused-ring (bicyclic) bond motifs is 1. The second kappa shape index (κ2) is 8.41. The molecule has 0 bridgehead atoms. The second-order valence-electron chi connectivity index (χ2n) is 9.11. The van der Waals surface area contributed by atoms with Gasteiger partial charge in [0.1, 0.15) is 17.6 Å². The van der Waals surface area contributed by atoms with Crippen molar-refractivity contribution in [3.05, 3.63) is 71.0 Å². The number of ether oxygens (including phenoxy) is 2. The Balaban J connectivity index is 1.55. The molecule has 0 aromatic heterocycles. The fraction of sp³-hybridized carbons (Fsp3) is 0.385. The van der Waals surface area contributed by atoms with Crippen LogP contribution in [0.3, 0.4) is 0 Å². The lowest BCUT2D eigenvalue weighted by Crippen LogP contribution is -2.44. The summed E-state index contributed by atoms with van der Waals surface area (Å²) in [5, 5.41) is 10.0. The summed E-state index contributed by atoms with van der Waals surface area (Å²) in [5.41, 5.74) is 1.94. The van der Waals surface area contributed by atoms with Gasteiger partial charge in [-0.25, -0.2) is 0 Å². The maximum absolute atomic E-state index is 13.7. The summed E-state index contributed by atoms with van der Waals surface area (Å²) in [5.74, 6) is 0.406. The number of halogens is 1. The topological polar surface area (TPSA) is 76.1 Å². The van der Waals surface area contributed by atoms with E-state index in [0.29, 0.717) is 24.0 Å². The van der Waals surface area contributed by atoms with Gasteiger partial charge < -0.3 is 19.5 Å². The number of Topliss-reactive ketones (excluding diaryl/α,β-unsaturated/α-hetero) is 1. The van der Waals surface area contributed by atoms with Crippen molar-refractivity contribution in [2.45, 2.75) is 43.8 Å². The molecule has 1 fully saturated rings. The van der Waals surface area contributed by atoms with E-state index in [-0.39, 0.29) is 53.1 Å². The molecule has 0 radical (unpaired) electrons. The molecule has 33 heavy (non-hydrogen) atoms. The van der Waals surface area contributed by atoms with E-state index < -0.39 is 6.04 Å². The Morgan fingerprint density at radius 1 is 1.15 bits per heavy atom. The fourth-order valence-electron chi connectivity index (χ4n) is 5.20. The van der Waals surface area contributed by atoms with Gasteiger partial charge in [0.2, 0.25) is 0 Å². The van der Waals surface area contributed by atoms with Crippen molar-refractivity contribution >= 4 is 23.3 Å². The van der Waals surface area contributed by atoms with Crippen molar-refractivity contribution in [3.63, 3.8) is 0 Å². The van der Waals surface area contributed by atoms with Crippen molar-refractivity contribution in [3.8, 4) is 11.5 Å². The predicted octanol–water partition coefficient (Wildman–Crippen LogP) is 4.36. The van der Waals surface area contributed by atoms with E-state index >= 15 is 0 Å². The van der Waals surface area contributed by atoms with Crippen LogP contribution in [0.2, 0.25) is 0 Å². The van der Waals surface area contributed by atoms with Gasteiger partial charge in [-0.3, -0.25) is 9.59 Å². The minimum atomic E-state index is -0.636. The molecule has 0 saturated heterocycles. The van der Waals surface area contributed by atoms with E-state index in [2.05, 4.69) is 0 Å². The maximum atomic E-state index is 13.7. The summed E-state index contributed by atoms with van der Waals surface area (Å²) >= 11 is 6.51. The molecule has 2 aromatic carbocycles. The third-order valence-corrected chi connectivity index (χ3v) is 7.61. The van der Waals surface area contributed by atoms with Crippen molar-refractivity contribution in [1.29, 1.82) is 0 Å². The molecule has 7 heteroatoms. The van der Waals surface area contributed by atoms with Gasteiger partial charge in [0.05, 0.1) is 24.6 Å². The molecule has 0 spiro atoms. The molecule has 2 aromatic rings. The molecule has 5 atom stereocenters. The van der Waals surface area contributed by atoms with Crippen LogP contribution >= 0.6 is 11.6 Å². The molecule has 1 saturated carbocycles. The summed E-state index contributed by atoms with van der Waals surface area (Å²) in [6.45, 7) is 2.34. The zero-order valence-electron chi connectivity index (χ0n) is 18.5. The van der Waals surface area contributed by atoms with Gasteiger partial charge in [-0.05, 0) is 54.2 Å². The van der Waals surface area contributed by atoms with E-state index in [9.17, 15) is 14.7 Å². The Hall–Kier alpha value is -2.99. The SMILES string of the molecule is COc1ccc(CN2C(=O)C3=C(C(=O)C4CC(Cl)C(C)CC4O3)C2c2cccc(O)c2)cc1. The first-order valence-electron chi connectivity index (χ1n) is 11.2. The van der Waals surface area contributed by atoms with Crippen LogP contribution in [-0.2, 0) is 20.9 Å². The number of benzene rings is 2. The van der Waals surface area contributed by atoms with Crippen LogP contribution in [0.15, 0.2) is 59.9 Å². The summed E-state index contributed by atoms with van der Waals surface area (Å²) in [4.78, 5) is 29.0. The van der Waals surface area contributed by atoms with Crippen LogP contribution < -0.4 is 4.74 Å². The first-order chi connectivity index (χ1) is 15.9. The average molecular weight is 468 g/mol. The fourth-order valence-corrected chi connectivity index (χ4v) is 5.49. The molecular weight excluding hydrogens is 442 g/mol. The molecule has 5 rings (SSSR count). The van der Waals surface area contributed by atoms with Crippen molar-refractivity contribution in [2.24, 2.45) is 11.8 Å². The molecule has 1 amide bonds. The molecule has 1 aliphatic carbocycles. The van der Waals surface area contributed by atoms with Crippen molar-refractivity contribution in [1.82, 2.24) is 4.90 Å². The monoisotopic (exact) mass is 467 g/mol. The zero-order chi connectivity index (χ0) is 23.3. The average Bonchev–Trinajstić information content (AvgIpc) is 3.08. The van der Waals surface area contributed by atoms with Gasteiger partial charge in [0.25, 0.3) is 5.91 Å². The lowest BCUT2D eigenvalue weighted by molar-refractivity contribution is -0.136. The number of carbonyl (C=O) groups is 2. The predicted molar refractivity (Wildman–Crippen MR) is 123 cm³/mol. The Kier molecular flexibility index (Phi) is 5.57. The van der Waals surface area contributed by atoms with E-state index in [4.69, 9.17) is 21.1 Å². The van der Waals surface area contributed by atoms with Crippen LogP contribution in [0, 0.1) is 11.8 Å². The Morgan fingerprint density at radius 3 is 2.61 bits per heavy atom. The van der Waals surface area contributed by atoms with Crippen LogP contribution in [0.25, 0.3) is 0 Å². The molecule has 2 aliphatic heterocycles. The minimum absolute atomic E-state index is 0.0716. The van der Waals surface area contributed by atoms with Crippen LogP contribution in [-0.4, -0.2) is 40.3 Å². The van der Waals surface area contributed by atoms with Crippen molar-refractivity contribution < 1.29 is 24.2 Å². The van der Waals surface area contributed by atoms with E-state index in [1.54, 1.807) is 30.2 Å². The Labute approximate surface area is 197 Å². The van der Waals surface area contributed by atoms with E-state index in [1.807, 2.05) is 37.3 Å². The van der Waals surface area contributed by atoms with Crippen LogP contribution in [0.4, 0.5) is 0 Å². The standard InChI is InChI=1S/C26H26ClNO5/c1-14-10-21-19(12-20(14)27)24(30)22-23(16-4-3-5-17(29)11-16)28(26(31)25(22)33-21)13-15-6-8-18(32-2)9-7-15/h3-9,11,14,19-21,23,29H,10,12-13H2,1-2H3. The number of methoxy groups -OCH3 is 1. The Morgan fingerprint density at radius 2 is 1.91 bits per heavy atom. The van der Waals surface area contributed by atoms with Gasteiger partial charge in [0, 0.05) is 11.9 Å². The number of phenols is 1. The first-order valence-corrected chi connectivity index (χ1v) is 11.6. The second-order valence-corrected chi connectivity index (χ2v) is 9.67. The number of hydrogen-bond acceptors (Lipinski definition) is 5. The highest BCUT2D eigenvalue weighted by molar-refractivity contribution is 6.21. The summed E-state index contributed by atoms with van der Waals surface area (Å²) < 4.78 is 11.5. The number of amides is 1.